The highest BCUT2D eigenvalue weighted by atomic mass is 32.2. The third-order valence-electron chi connectivity index (χ3n) is 3.99. The fourth-order valence-corrected chi connectivity index (χ4v) is 3.89. The van der Waals surface area contributed by atoms with Crippen molar-refractivity contribution in [1.29, 1.82) is 0 Å². The number of hydrogen-bond acceptors (Lipinski definition) is 4. The van der Waals surface area contributed by atoms with E-state index in [9.17, 15) is 13.2 Å². The Morgan fingerprint density at radius 2 is 1.93 bits per heavy atom. The number of hydrogen-bond donors (Lipinski definition) is 2. The van der Waals surface area contributed by atoms with E-state index in [0.717, 1.165) is 5.56 Å². The summed E-state index contributed by atoms with van der Waals surface area (Å²) in [5.74, 6) is 0.186. The van der Waals surface area contributed by atoms with Gasteiger partial charge in [-0.2, -0.15) is 4.72 Å². The number of benzene rings is 2. The molecule has 0 fully saturated rings. The Hall–Kier alpha value is -2.64. The molecule has 0 heterocycles. The summed E-state index contributed by atoms with van der Waals surface area (Å²) in [5.41, 5.74) is 1.54. The second-order valence-electron chi connectivity index (χ2n) is 6.03. The van der Waals surface area contributed by atoms with E-state index in [1.165, 1.54) is 19.2 Å². The van der Waals surface area contributed by atoms with Gasteiger partial charge in [0.15, 0.2) is 0 Å². The molecule has 144 valence electrons. The normalized spacial score (nSPS) is 12.2. The van der Waals surface area contributed by atoms with Crippen LogP contribution in [0.1, 0.15) is 11.1 Å². The van der Waals surface area contributed by atoms with Crippen LogP contribution in [0.15, 0.2) is 66.1 Å². The predicted molar refractivity (Wildman–Crippen MR) is 105 cm³/mol. The molecule has 0 aliphatic heterocycles. The molecule has 1 amide bonds. The molecule has 0 aromatic heterocycles. The number of amides is 1. The first-order valence-electron chi connectivity index (χ1n) is 8.47. The number of sulfonamides is 1. The van der Waals surface area contributed by atoms with Gasteiger partial charge in [-0.05, 0) is 42.7 Å². The van der Waals surface area contributed by atoms with Gasteiger partial charge < -0.3 is 10.1 Å². The minimum absolute atomic E-state index is 0.0791. The van der Waals surface area contributed by atoms with Crippen molar-refractivity contribution < 1.29 is 17.9 Å². The predicted octanol–water partition coefficient (Wildman–Crippen LogP) is 2.20. The minimum atomic E-state index is -3.89. The van der Waals surface area contributed by atoms with Crippen LogP contribution < -0.4 is 14.8 Å². The maximum absolute atomic E-state index is 12.8. The lowest BCUT2D eigenvalue weighted by atomic mass is 10.1. The highest BCUT2D eigenvalue weighted by molar-refractivity contribution is 7.89. The van der Waals surface area contributed by atoms with Crippen molar-refractivity contribution in [3.63, 3.8) is 0 Å². The second kappa shape index (κ2) is 9.34. The van der Waals surface area contributed by atoms with E-state index >= 15 is 0 Å². The third kappa shape index (κ3) is 5.67. The van der Waals surface area contributed by atoms with Crippen LogP contribution in [0.25, 0.3) is 0 Å². The molecule has 2 aromatic rings. The Labute approximate surface area is 160 Å². The van der Waals surface area contributed by atoms with E-state index in [2.05, 4.69) is 16.6 Å². The van der Waals surface area contributed by atoms with Gasteiger partial charge in [-0.25, -0.2) is 8.42 Å². The molecule has 0 bridgehead atoms. The monoisotopic (exact) mass is 388 g/mol. The van der Waals surface area contributed by atoms with E-state index < -0.39 is 22.0 Å². The molecule has 7 heteroatoms. The molecule has 0 spiro atoms. The molecular formula is C20H24N2O4S. The Balaban J connectivity index is 2.27. The highest BCUT2D eigenvalue weighted by Gasteiger charge is 2.26. The molecule has 0 saturated carbocycles. The van der Waals surface area contributed by atoms with Gasteiger partial charge in [0.25, 0.3) is 0 Å². The molecule has 0 aliphatic carbocycles. The average Bonchev–Trinajstić information content (AvgIpc) is 2.66. The van der Waals surface area contributed by atoms with E-state index in [1.54, 1.807) is 19.1 Å². The van der Waals surface area contributed by atoms with Crippen LogP contribution in [0.4, 0.5) is 0 Å². The number of ether oxygens (including phenoxy) is 1. The summed E-state index contributed by atoms with van der Waals surface area (Å²) in [6.07, 6.45) is 1.77. The first kappa shape index (κ1) is 20.7. The summed E-state index contributed by atoms with van der Waals surface area (Å²) in [5, 5.41) is 2.65. The molecule has 0 unspecified atom stereocenters. The van der Waals surface area contributed by atoms with Gasteiger partial charge >= 0.3 is 0 Å². The number of carbonyl (C=O) groups is 1. The summed E-state index contributed by atoms with van der Waals surface area (Å²) in [6.45, 7) is 5.58. The fourth-order valence-electron chi connectivity index (χ4n) is 2.61. The first-order valence-corrected chi connectivity index (χ1v) is 9.95. The summed E-state index contributed by atoms with van der Waals surface area (Å²) < 4.78 is 33.3. The summed E-state index contributed by atoms with van der Waals surface area (Å²) in [7, 11) is -2.37. The number of methoxy groups -OCH3 is 1. The third-order valence-corrected chi connectivity index (χ3v) is 5.46. The van der Waals surface area contributed by atoms with Crippen molar-refractivity contribution in [3.8, 4) is 5.75 Å². The van der Waals surface area contributed by atoms with Crippen LogP contribution in [0, 0.1) is 6.92 Å². The highest BCUT2D eigenvalue weighted by Crippen LogP contribution is 2.21. The van der Waals surface area contributed by atoms with E-state index in [-0.39, 0.29) is 17.9 Å². The lowest BCUT2D eigenvalue weighted by molar-refractivity contribution is -0.122. The van der Waals surface area contributed by atoms with Crippen LogP contribution in [0.2, 0.25) is 0 Å². The molecule has 2 rings (SSSR count). The lowest BCUT2D eigenvalue weighted by Gasteiger charge is -2.19. The molecule has 0 aliphatic rings. The number of rotatable bonds is 9. The molecule has 6 nitrogen and oxygen atoms in total. The van der Waals surface area contributed by atoms with Crippen LogP contribution in [-0.4, -0.2) is 34.0 Å². The van der Waals surface area contributed by atoms with E-state index in [1.807, 2.05) is 30.3 Å². The SMILES string of the molecule is C=CCNC(=O)[C@@H](Cc1ccccc1)NS(=O)(=O)c1ccc(OC)c(C)c1. The number of carbonyl (C=O) groups excluding carboxylic acids is 1. The van der Waals surface area contributed by atoms with Crippen LogP contribution in [0.3, 0.4) is 0 Å². The molecule has 0 radical (unpaired) electrons. The van der Waals surface area contributed by atoms with Gasteiger partial charge in [0.1, 0.15) is 11.8 Å². The van der Waals surface area contributed by atoms with Crippen molar-refractivity contribution >= 4 is 15.9 Å². The molecular weight excluding hydrogens is 364 g/mol. The Kier molecular flexibility index (Phi) is 7.15. The van der Waals surface area contributed by atoms with Crippen molar-refractivity contribution in [3.05, 3.63) is 72.3 Å². The largest absolute Gasteiger partial charge is 0.496 e. The van der Waals surface area contributed by atoms with E-state index in [4.69, 9.17) is 4.74 Å². The Bertz CT molecular complexity index is 895. The summed E-state index contributed by atoms with van der Waals surface area (Å²) in [6, 6.07) is 12.9. The van der Waals surface area contributed by atoms with Crippen molar-refractivity contribution in [2.45, 2.75) is 24.3 Å². The summed E-state index contributed by atoms with van der Waals surface area (Å²) in [4.78, 5) is 12.6. The standard InChI is InChI=1S/C20H24N2O4S/c1-4-12-21-20(23)18(14-16-8-6-5-7-9-16)22-27(24,25)17-10-11-19(26-3)15(2)13-17/h4-11,13,18,22H,1,12,14H2,2-3H3,(H,21,23)/t18-/m1/s1. The zero-order valence-electron chi connectivity index (χ0n) is 15.4. The van der Waals surface area contributed by atoms with Crippen LogP contribution in [-0.2, 0) is 21.2 Å². The lowest BCUT2D eigenvalue weighted by Crippen LogP contribution is -2.48. The van der Waals surface area contributed by atoms with Gasteiger partial charge in [-0.15, -0.1) is 6.58 Å². The van der Waals surface area contributed by atoms with Gasteiger partial charge in [-0.1, -0.05) is 36.4 Å². The number of nitrogens with one attached hydrogen (secondary N) is 2. The Morgan fingerprint density at radius 3 is 2.52 bits per heavy atom. The fraction of sp³-hybridized carbons (Fsp3) is 0.250. The molecule has 2 N–H and O–H groups in total. The maximum Gasteiger partial charge on any atom is 0.241 e. The Morgan fingerprint density at radius 1 is 1.22 bits per heavy atom. The topological polar surface area (TPSA) is 84.5 Å². The van der Waals surface area contributed by atoms with Gasteiger partial charge in [0.05, 0.1) is 12.0 Å². The maximum atomic E-state index is 12.8. The zero-order chi connectivity index (χ0) is 19.9. The van der Waals surface area contributed by atoms with E-state index in [0.29, 0.717) is 11.3 Å². The van der Waals surface area contributed by atoms with Crippen molar-refractivity contribution in [2.24, 2.45) is 0 Å². The van der Waals surface area contributed by atoms with Crippen molar-refractivity contribution in [2.75, 3.05) is 13.7 Å². The number of aryl methyl sites for hydroxylation is 1. The minimum Gasteiger partial charge on any atom is -0.496 e. The smallest absolute Gasteiger partial charge is 0.241 e. The summed E-state index contributed by atoms with van der Waals surface area (Å²) >= 11 is 0. The zero-order valence-corrected chi connectivity index (χ0v) is 16.3. The molecule has 27 heavy (non-hydrogen) atoms. The average molecular weight is 388 g/mol. The van der Waals surface area contributed by atoms with Crippen LogP contribution >= 0.6 is 0 Å². The first-order chi connectivity index (χ1) is 12.9. The van der Waals surface area contributed by atoms with Crippen molar-refractivity contribution in [1.82, 2.24) is 10.0 Å². The second-order valence-corrected chi connectivity index (χ2v) is 7.74. The van der Waals surface area contributed by atoms with Gasteiger partial charge in [0.2, 0.25) is 15.9 Å². The molecule has 0 saturated heterocycles. The molecule has 1 atom stereocenters. The van der Waals surface area contributed by atoms with Gasteiger partial charge in [-0.3, -0.25) is 4.79 Å². The van der Waals surface area contributed by atoms with Crippen LogP contribution in [0.5, 0.6) is 5.75 Å². The van der Waals surface area contributed by atoms with Gasteiger partial charge in [0, 0.05) is 6.54 Å². The molecule has 2 aromatic carbocycles. The quantitative estimate of drug-likeness (QED) is 0.645.